The van der Waals surface area contributed by atoms with Crippen molar-refractivity contribution in [3.05, 3.63) is 59.7 Å². The summed E-state index contributed by atoms with van der Waals surface area (Å²) >= 11 is 0. The van der Waals surface area contributed by atoms with E-state index in [1.165, 1.54) is 36.4 Å². The van der Waals surface area contributed by atoms with E-state index in [1.54, 1.807) is 12.1 Å². The molecule has 0 atom stereocenters. The van der Waals surface area contributed by atoms with Crippen molar-refractivity contribution in [2.75, 3.05) is 0 Å². The van der Waals surface area contributed by atoms with Crippen LogP contribution < -0.4 is 0 Å². The number of carbonyl (C=O) groups excluding carboxylic acids is 1. The fraction of sp³-hybridized carbons (Fsp3) is 0. The van der Waals surface area contributed by atoms with Crippen LogP contribution in [0.15, 0.2) is 48.5 Å². The highest BCUT2D eigenvalue weighted by Gasteiger charge is 2.00. The molecule has 0 aliphatic rings. The number of hydrogen-bond donors (Lipinski definition) is 3. The van der Waals surface area contributed by atoms with Crippen LogP contribution in [0.4, 0.5) is 0 Å². The molecule has 19 heavy (non-hydrogen) atoms. The van der Waals surface area contributed by atoms with Crippen LogP contribution in [0.2, 0.25) is 0 Å². The van der Waals surface area contributed by atoms with Crippen molar-refractivity contribution in [1.82, 2.24) is 0 Å². The van der Waals surface area contributed by atoms with E-state index in [9.17, 15) is 9.59 Å². The normalized spacial score (nSPS) is 9.05. The molecule has 5 nitrogen and oxygen atoms in total. The van der Waals surface area contributed by atoms with E-state index in [0.717, 1.165) is 0 Å². The Morgan fingerprint density at radius 3 is 1.89 bits per heavy atom. The number of carboxylic acid groups (broad SMARTS) is 1. The molecule has 98 valence electrons. The highest BCUT2D eigenvalue weighted by molar-refractivity contribution is 5.87. The van der Waals surface area contributed by atoms with Crippen LogP contribution in [0.25, 0.3) is 0 Å². The standard InChI is InChI=1S/C7H6O3.C7H6O2/c8-6-3-1-2-5(4-6)7(9)10;8-5-6-2-1-3-7(9)4-6/h1-4,8H,(H,9,10);1-5,9H. The Labute approximate surface area is 109 Å². The molecule has 0 aliphatic carbocycles. The summed E-state index contributed by atoms with van der Waals surface area (Å²) in [7, 11) is 0. The Kier molecular flexibility index (Phi) is 5.10. The first-order valence-electron chi connectivity index (χ1n) is 5.29. The summed E-state index contributed by atoms with van der Waals surface area (Å²) in [6.07, 6.45) is 0.694. The van der Waals surface area contributed by atoms with Crippen LogP contribution in [0.1, 0.15) is 20.7 Å². The van der Waals surface area contributed by atoms with E-state index in [-0.39, 0.29) is 17.1 Å². The number of carbonyl (C=O) groups is 2. The molecular weight excluding hydrogens is 248 g/mol. The number of benzene rings is 2. The minimum atomic E-state index is -1.03. The van der Waals surface area contributed by atoms with Gasteiger partial charge in [-0.1, -0.05) is 18.2 Å². The van der Waals surface area contributed by atoms with Gasteiger partial charge in [0, 0.05) is 5.56 Å². The molecule has 2 aromatic rings. The summed E-state index contributed by atoms with van der Waals surface area (Å²) in [6.45, 7) is 0. The SMILES string of the molecule is O=C(O)c1cccc(O)c1.O=Cc1cccc(O)c1. The Bertz CT molecular complexity index is 578. The third kappa shape index (κ3) is 4.91. The van der Waals surface area contributed by atoms with Gasteiger partial charge in [0.25, 0.3) is 0 Å². The van der Waals surface area contributed by atoms with Crippen molar-refractivity contribution < 1.29 is 24.9 Å². The monoisotopic (exact) mass is 260 g/mol. The predicted molar refractivity (Wildman–Crippen MR) is 68.6 cm³/mol. The van der Waals surface area contributed by atoms with Crippen LogP contribution in [-0.2, 0) is 0 Å². The smallest absolute Gasteiger partial charge is 0.335 e. The van der Waals surface area contributed by atoms with Crippen molar-refractivity contribution in [3.63, 3.8) is 0 Å². The largest absolute Gasteiger partial charge is 0.508 e. The van der Waals surface area contributed by atoms with E-state index in [1.807, 2.05) is 0 Å². The van der Waals surface area contributed by atoms with Gasteiger partial charge >= 0.3 is 5.97 Å². The van der Waals surface area contributed by atoms with E-state index in [0.29, 0.717) is 11.8 Å². The minimum Gasteiger partial charge on any atom is -0.508 e. The van der Waals surface area contributed by atoms with Crippen LogP contribution in [0.3, 0.4) is 0 Å². The summed E-state index contributed by atoms with van der Waals surface area (Å²) in [5.41, 5.74) is 0.593. The fourth-order valence-corrected chi connectivity index (χ4v) is 1.24. The molecule has 0 heterocycles. The molecule has 2 aromatic carbocycles. The van der Waals surface area contributed by atoms with Gasteiger partial charge in [0.1, 0.15) is 17.8 Å². The van der Waals surface area contributed by atoms with E-state index >= 15 is 0 Å². The molecule has 0 aromatic heterocycles. The van der Waals surface area contributed by atoms with E-state index in [2.05, 4.69) is 0 Å². The molecule has 2 rings (SSSR count). The zero-order chi connectivity index (χ0) is 14.3. The first-order chi connectivity index (χ1) is 9.02. The lowest BCUT2D eigenvalue weighted by atomic mass is 10.2. The van der Waals surface area contributed by atoms with Crippen LogP contribution >= 0.6 is 0 Å². The fourth-order valence-electron chi connectivity index (χ4n) is 1.24. The molecule has 3 N–H and O–H groups in total. The first-order valence-corrected chi connectivity index (χ1v) is 5.29. The van der Waals surface area contributed by atoms with Gasteiger partial charge in [0.2, 0.25) is 0 Å². The molecule has 0 unspecified atom stereocenters. The molecule has 0 spiro atoms. The molecule has 0 radical (unpaired) electrons. The van der Waals surface area contributed by atoms with Gasteiger partial charge in [-0.05, 0) is 30.3 Å². The number of hydrogen-bond acceptors (Lipinski definition) is 4. The predicted octanol–water partition coefficient (Wildman–Crippen LogP) is 2.30. The van der Waals surface area contributed by atoms with Crippen molar-refractivity contribution in [2.24, 2.45) is 0 Å². The Morgan fingerprint density at radius 2 is 1.53 bits per heavy atom. The molecule has 0 saturated heterocycles. The minimum absolute atomic E-state index is 0.0279. The summed E-state index contributed by atoms with van der Waals surface area (Å²) in [6, 6.07) is 11.7. The molecule has 0 amide bonds. The lowest BCUT2D eigenvalue weighted by Crippen LogP contribution is -1.94. The molecule has 0 saturated carbocycles. The van der Waals surface area contributed by atoms with Crippen molar-refractivity contribution >= 4 is 12.3 Å². The average molecular weight is 260 g/mol. The number of aromatic hydroxyl groups is 2. The average Bonchev–Trinajstić information content (AvgIpc) is 2.39. The quantitative estimate of drug-likeness (QED) is 0.720. The third-order valence-electron chi connectivity index (χ3n) is 2.10. The maximum atomic E-state index is 10.2. The topological polar surface area (TPSA) is 94.8 Å². The number of phenolic OH excluding ortho intramolecular Hbond substituents is 2. The number of aldehydes is 1. The second kappa shape index (κ2) is 6.80. The zero-order valence-corrected chi connectivity index (χ0v) is 9.85. The highest BCUT2D eigenvalue weighted by atomic mass is 16.4. The second-order valence-electron chi connectivity index (χ2n) is 3.57. The van der Waals surface area contributed by atoms with Crippen LogP contribution in [0.5, 0.6) is 11.5 Å². The number of carboxylic acids is 1. The summed E-state index contributed by atoms with van der Waals surface area (Å²) in [4.78, 5) is 20.3. The molecular formula is C14H12O5. The van der Waals surface area contributed by atoms with Gasteiger partial charge < -0.3 is 15.3 Å². The molecule has 5 heteroatoms. The first kappa shape index (κ1) is 14.2. The summed E-state index contributed by atoms with van der Waals surface area (Å²) in [5.74, 6) is -0.935. The number of aromatic carboxylic acids is 1. The van der Waals surface area contributed by atoms with Crippen molar-refractivity contribution in [1.29, 1.82) is 0 Å². The van der Waals surface area contributed by atoms with Gasteiger partial charge in [0.15, 0.2) is 0 Å². The van der Waals surface area contributed by atoms with Crippen molar-refractivity contribution in [3.8, 4) is 11.5 Å². The summed E-state index contributed by atoms with van der Waals surface area (Å²) in [5, 5.41) is 26.0. The zero-order valence-electron chi connectivity index (χ0n) is 9.85. The van der Waals surface area contributed by atoms with Gasteiger partial charge in [0.05, 0.1) is 5.56 Å². The number of rotatable bonds is 2. The molecule has 0 bridgehead atoms. The summed E-state index contributed by atoms with van der Waals surface area (Å²) < 4.78 is 0. The Morgan fingerprint density at radius 1 is 0.947 bits per heavy atom. The van der Waals surface area contributed by atoms with Gasteiger partial charge in [-0.2, -0.15) is 0 Å². The Hall–Kier alpha value is -2.82. The maximum absolute atomic E-state index is 10.2. The van der Waals surface area contributed by atoms with E-state index in [4.69, 9.17) is 15.3 Å². The molecule has 0 fully saturated rings. The number of phenols is 2. The van der Waals surface area contributed by atoms with Gasteiger partial charge in [-0.3, -0.25) is 4.79 Å². The van der Waals surface area contributed by atoms with Gasteiger partial charge in [-0.15, -0.1) is 0 Å². The van der Waals surface area contributed by atoms with Crippen molar-refractivity contribution in [2.45, 2.75) is 0 Å². The van der Waals surface area contributed by atoms with Crippen LogP contribution in [0, 0.1) is 0 Å². The highest BCUT2D eigenvalue weighted by Crippen LogP contribution is 2.10. The third-order valence-corrected chi connectivity index (χ3v) is 2.10. The lowest BCUT2D eigenvalue weighted by molar-refractivity contribution is 0.0696. The molecule has 0 aliphatic heterocycles. The van der Waals surface area contributed by atoms with Gasteiger partial charge in [-0.25, -0.2) is 4.79 Å². The van der Waals surface area contributed by atoms with E-state index < -0.39 is 5.97 Å². The second-order valence-corrected chi connectivity index (χ2v) is 3.57. The maximum Gasteiger partial charge on any atom is 0.335 e. The Balaban J connectivity index is 0.000000191. The lowest BCUT2D eigenvalue weighted by Gasteiger charge is -1.92. The van der Waals surface area contributed by atoms with Crippen LogP contribution in [-0.4, -0.2) is 27.6 Å².